The molecule has 1 N–H and O–H groups in total. The Morgan fingerprint density at radius 1 is 1.27 bits per heavy atom. The van der Waals surface area contributed by atoms with Crippen LogP contribution in [0.25, 0.3) is 0 Å². The van der Waals surface area contributed by atoms with E-state index in [0.29, 0.717) is 13.0 Å². The topological polar surface area (TPSA) is 46.2 Å². The number of hydrogen-bond donors (Lipinski definition) is 1. The third-order valence-corrected chi connectivity index (χ3v) is 4.68. The normalized spacial score (nSPS) is 18.2. The minimum Gasteiger partial charge on any atom is -0.214 e. The Balaban J connectivity index is 2.38. The van der Waals surface area contributed by atoms with Crippen LogP contribution in [0.2, 0.25) is 0 Å². The van der Waals surface area contributed by atoms with Crippen LogP contribution < -0.4 is 4.72 Å². The molecule has 0 heterocycles. The number of sulfonamides is 1. The Morgan fingerprint density at radius 2 is 1.93 bits per heavy atom. The maximum absolute atomic E-state index is 11.8. The average Bonchev–Trinajstić information content (AvgIpc) is 2.26. The summed E-state index contributed by atoms with van der Waals surface area (Å²) in [7, 11) is -3.08. The predicted octanol–water partition coefficient (Wildman–Crippen LogP) is 1.65. The lowest BCUT2D eigenvalue weighted by atomic mass is 10.0. The van der Waals surface area contributed by atoms with Crippen molar-refractivity contribution in [3.8, 4) is 11.8 Å². The summed E-state index contributed by atoms with van der Waals surface area (Å²) >= 11 is 0. The zero-order chi connectivity index (χ0) is 11.1. The average molecular weight is 229 g/mol. The van der Waals surface area contributed by atoms with Gasteiger partial charge in [-0.15, -0.1) is 11.8 Å². The van der Waals surface area contributed by atoms with Crippen molar-refractivity contribution in [2.45, 2.75) is 50.7 Å². The van der Waals surface area contributed by atoms with E-state index >= 15 is 0 Å². The summed E-state index contributed by atoms with van der Waals surface area (Å²) in [6.45, 7) is 2.20. The molecule has 15 heavy (non-hydrogen) atoms. The molecule has 0 radical (unpaired) electrons. The maximum Gasteiger partial charge on any atom is 0.214 e. The Kier molecular flexibility index (Phi) is 5.13. The molecule has 4 heteroatoms. The summed E-state index contributed by atoms with van der Waals surface area (Å²) < 4.78 is 26.2. The standard InChI is InChI=1S/C11H19NO2S/c1-2-3-7-10-12-15(13,14)11-8-5-4-6-9-11/h11-12H,4-10H2,1H3. The first-order valence-corrected chi connectivity index (χ1v) is 7.09. The molecule has 1 fully saturated rings. The van der Waals surface area contributed by atoms with E-state index in [1.165, 1.54) is 6.42 Å². The van der Waals surface area contributed by atoms with E-state index < -0.39 is 10.0 Å². The molecule has 0 amide bonds. The molecule has 0 aromatic rings. The summed E-state index contributed by atoms with van der Waals surface area (Å²) in [4.78, 5) is 0. The van der Waals surface area contributed by atoms with Gasteiger partial charge in [0.1, 0.15) is 0 Å². The zero-order valence-electron chi connectivity index (χ0n) is 9.25. The molecule has 0 aromatic carbocycles. The largest absolute Gasteiger partial charge is 0.214 e. The highest BCUT2D eigenvalue weighted by Gasteiger charge is 2.26. The zero-order valence-corrected chi connectivity index (χ0v) is 10.1. The first kappa shape index (κ1) is 12.5. The highest BCUT2D eigenvalue weighted by Crippen LogP contribution is 2.22. The molecular weight excluding hydrogens is 210 g/mol. The lowest BCUT2D eigenvalue weighted by Gasteiger charge is -2.21. The van der Waals surface area contributed by atoms with Gasteiger partial charge >= 0.3 is 0 Å². The van der Waals surface area contributed by atoms with Gasteiger partial charge in [-0.25, -0.2) is 13.1 Å². The van der Waals surface area contributed by atoms with Gasteiger partial charge in [-0.2, -0.15) is 0 Å². The van der Waals surface area contributed by atoms with E-state index in [1.54, 1.807) is 6.92 Å². The summed E-state index contributed by atoms with van der Waals surface area (Å²) in [5.41, 5.74) is 0. The van der Waals surface area contributed by atoms with E-state index in [1.807, 2.05) is 0 Å². The van der Waals surface area contributed by atoms with Gasteiger partial charge in [0.2, 0.25) is 10.0 Å². The molecule has 86 valence electrons. The molecule has 1 rings (SSSR count). The van der Waals surface area contributed by atoms with Crippen molar-refractivity contribution in [2.75, 3.05) is 6.54 Å². The summed E-state index contributed by atoms with van der Waals surface area (Å²) in [5, 5.41) is -0.166. The number of nitrogens with one attached hydrogen (secondary N) is 1. The summed E-state index contributed by atoms with van der Waals surface area (Å²) in [6.07, 6.45) is 5.49. The molecule has 0 atom stereocenters. The van der Waals surface area contributed by atoms with Crippen LogP contribution in [0.5, 0.6) is 0 Å². The highest BCUT2D eigenvalue weighted by molar-refractivity contribution is 7.90. The molecule has 0 aromatic heterocycles. The van der Waals surface area contributed by atoms with Crippen LogP contribution in [0.3, 0.4) is 0 Å². The summed E-state index contributed by atoms with van der Waals surface area (Å²) in [6, 6.07) is 0. The summed E-state index contributed by atoms with van der Waals surface area (Å²) in [5.74, 6) is 5.60. The van der Waals surface area contributed by atoms with Gasteiger partial charge in [-0.1, -0.05) is 19.3 Å². The number of rotatable bonds is 4. The van der Waals surface area contributed by atoms with Crippen molar-refractivity contribution < 1.29 is 8.42 Å². The van der Waals surface area contributed by atoms with Gasteiger partial charge in [0.05, 0.1) is 5.25 Å². The molecule has 0 unspecified atom stereocenters. The first-order valence-electron chi connectivity index (χ1n) is 5.55. The first-order chi connectivity index (χ1) is 7.17. The lowest BCUT2D eigenvalue weighted by Crippen LogP contribution is -2.36. The molecule has 3 nitrogen and oxygen atoms in total. The van der Waals surface area contributed by atoms with Crippen molar-refractivity contribution in [3.63, 3.8) is 0 Å². The third-order valence-electron chi connectivity index (χ3n) is 2.72. The van der Waals surface area contributed by atoms with Crippen molar-refractivity contribution in [1.82, 2.24) is 4.72 Å². The van der Waals surface area contributed by atoms with Crippen LogP contribution in [0, 0.1) is 11.8 Å². The predicted molar refractivity (Wildman–Crippen MR) is 61.9 cm³/mol. The van der Waals surface area contributed by atoms with E-state index in [0.717, 1.165) is 25.7 Å². The van der Waals surface area contributed by atoms with Crippen LogP contribution in [0.4, 0.5) is 0 Å². The Morgan fingerprint density at radius 3 is 2.53 bits per heavy atom. The lowest BCUT2D eigenvalue weighted by molar-refractivity contribution is 0.478. The number of hydrogen-bond acceptors (Lipinski definition) is 2. The molecule has 0 saturated heterocycles. The fourth-order valence-corrected chi connectivity index (χ4v) is 3.45. The molecule has 0 aliphatic heterocycles. The second-order valence-electron chi connectivity index (χ2n) is 3.88. The third kappa shape index (κ3) is 4.23. The van der Waals surface area contributed by atoms with E-state index in [2.05, 4.69) is 16.6 Å². The van der Waals surface area contributed by atoms with Crippen LogP contribution in [0.15, 0.2) is 0 Å². The van der Waals surface area contributed by atoms with Crippen LogP contribution in [0.1, 0.15) is 45.4 Å². The van der Waals surface area contributed by atoms with E-state index in [9.17, 15) is 8.42 Å². The van der Waals surface area contributed by atoms with Crippen molar-refractivity contribution >= 4 is 10.0 Å². The fraction of sp³-hybridized carbons (Fsp3) is 0.818. The van der Waals surface area contributed by atoms with Gasteiger partial charge in [0.15, 0.2) is 0 Å². The molecule has 0 bridgehead atoms. The van der Waals surface area contributed by atoms with Crippen LogP contribution in [-0.2, 0) is 10.0 Å². The van der Waals surface area contributed by atoms with Crippen molar-refractivity contribution in [2.24, 2.45) is 0 Å². The Labute approximate surface area is 92.7 Å². The molecule has 1 aliphatic carbocycles. The maximum atomic E-state index is 11.8. The van der Waals surface area contributed by atoms with Gasteiger partial charge in [-0.3, -0.25) is 0 Å². The van der Waals surface area contributed by atoms with Gasteiger partial charge in [-0.05, 0) is 19.8 Å². The molecule has 1 aliphatic rings. The quantitative estimate of drug-likeness (QED) is 0.588. The molecular formula is C11H19NO2S. The van der Waals surface area contributed by atoms with E-state index in [4.69, 9.17) is 0 Å². The van der Waals surface area contributed by atoms with Crippen LogP contribution >= 0.6 is 0 Å². The molecule has 0 spiro atoms. The Hall–Kier alpha value is -0.530. The fourth-order valence-electron chi connectivity index (χ4n) is 1.87. The minimum atomic E-state index is -3.08. The smallest absolute Gasteiger partial charge is 0.214 e. The second kappa shape index (κ2) is 6.14. The van der Waals surface area contributed by atoms with Crippen molar-refractivity contribution in [3.05, 3.63) is 0 Å². The monoisotopic (exact) mass is 229 g/mol. The van der Waals surface area contributed by atoms with Crippen LogP contribution in [-0.4, -0.2) is 20.2 Å². The minimum absolute atomic E-state index is 0.166. The van der Waals surface area contributed by atoms with Gasteiger partial charge in [0, 0.05) is 13.0 Å². The van der Waals surface area contributed by atoms with Crippen molar-refractivity contribution in [1.29, 1.82) is 0 Å². The van der Waals surface area contributed by atoms with E-state index in [-0.39, 0.29) is 5.25 Å². The van der Waals surface area contributed by atoms with Gasteiger partial charge < -0.3 is 0 Å². The van der Waals surface area contributed by atoms with Gasteiger partial charge in [0.25, 0.3) is 0 Å². The molecule has 1 saturated carbocycles. The Bertz CT molecular complexity index is 331. The highest BCUT2D eigenvalue weighted by atomic mass is 32.2. The second-order valence-corrected chi connectivity index (χ2v) is 5.92. The SMILES string of the molecule is CC#CCCNS(=O)(=O)C1CCCCC1.